The molecule has 0 N–H and O–H groups in total. The molecular weight excluding hydrogens is 458 g/mol. The van der Waals surface area contributed by atoms with E-state index in [2.05, 4.69) is 6.07 Å². The maximum Gasteiger partial charge on any atom is 0.328 e. The van der Waals surface area contributed by atoms with Crippen LogP contribution in [0.3, 0.4) is 0 Å². The highest BCUT2D eigenvalue weighted by molar-refractivity contribution is 6.11. The average molecular weight is 488 g/mol. The predicted molar refractivity (Wildman–Crippen MR) is 135 cm³/mol. The summed E-state index contributed by atoms with van der Waals surface area (Å²) >= 11 is 0. The molecule has 186 valence electrons. The summed E-state index contributed by atoms with van der Waals surface area (Å²) in [5, 5.41) is 0. The molecule has 0 radical (unpaired) electrons. The smallest absolute Gasteiger partial charge is 0.328 e. The van der Waals surface area contributed by atoms with Gasteiger partial charge in [0, 0.05) is 18.4 Å². The van der Waals surface area contributed by atoms with Crippen molar-refractivity contribution in [2.75, 3.05) is 18.5 Å². The molecule has 1 fully saturated rings. The summed E-state index contributed by atoms with van der Waals surface area (Å²) in [4.78, 5) is 50.5. The Morgan fingerprint density at radius 1 is 1.00 bits per heavy atom. The summed E-state index contributed by atoms with van der Waals surface area (Å²) in [6, 6.07) is 14.1. The Kier molecular flexibility index (Phi) is 5.78. The number of esters is 1. The fourth-order valence-corrected chi connectivity index (χ4v) is 5.02. The lowest BCUT2D eigenvalue weighted by atomic mass is 10.1. The number of nitrogens with zero attached hydrogens (tertiary/aromatic N) is 5. The number of aryl methyl sites for hydroxylation is 2. The lowest BCUT2D eigenvalue weighted by Crippen LogP contribution is -2.65. The Balaban J connectivity index is 1.39. The van der Waals surface area contributed by atoms with E-state index in [9.17, 15) is 14.4 Å². The van der Waals surface area contributed by atoms with Crippen LogP contribution in [0.1, 0.15) is 30.5 Å². The fourth-order valence-electron chi connectivity index (χ4n) is 5.02. The topological polar surface area (TPSA) is 85.8 Å². The number of fused-ring (bicyclic) bond motifs is 3. The highest BCUT2D eigenvalue weighted by Gasteiger charge is 2.56. The maximum atomic E-state index is 13.6. The summed E-state index contributed by atoms with van der Waals surface area (Å²) < 4.78 is 5.33. The first-order valence-electron chi connectivity index (χ1n) is 11.9. The molecule has 3 heterocycles. The third-order valence-electron chi connectivity index (χ3n) is 7.02. The van der Waals surface area contributed by atoms with Crippen molar-refractivity contribution in [1.29, 1.82) is 0 Å². The van der Waals surface area contributed by atoms with Gasteiger partial charge < -0.3 is 9.64 Å². The van der Waals surface area contributed by atoms with Crippen molar-refractivity contribution >= 4 is 29.6 Å². The van der Waals surface area contributed by atoms with E-state index >= 15 is 0 Å². The number of ether oxygens (including phenoxy) is 1. The van der Waals surface area contributed by atoms with Gasteiger partial charge in [-0.2, -0.15) is 0 Å². The van der Waals surface area contributed by atoms with Crippen LogP contribution in [-0.4, -0.2) is 64.4 Å². The first-order chi connectivity index (χ1) is 17.2. The number of carbonyl (C=O) groups is 3. The standard InChI is InChI=1S/C27H29N5O4/c1-16-11-12-21(17(2)13-16)31-18(3)19(4)32-23-24(28-26(31)32)29(5)27(35)30(25(23)34)14-22(33)36-15-20-9-7-6-8-10-20/h6-13,23-24H,14-15H2,1-5H3. The number of carbonyl (C=O) groups excluding carboxylic acids is 3. The zero-order chi connectivity index (χ0) is 25.7. The van der Waals surface area contributed by atoms with Gasteiger partial charge in [0.15, 0.2) is 12.2 Å². The van der Waals surface area contributed by atoms with Crippen molar-refractivity contribution in [3.05, 3.63) is 76.6 Å². The molecule has 2 unspecified atom stereocenters. The second-order valence-electron chi connectivity index (χ2n) is 9.42. The largest absolute Gasteiger partial charge is 0.459 e. The molecule has 2 aromatic carbocycles. The van der Waals surface area contributed by atoms with Crippen LogP contribution >= 0.6 is 0 Å². The first kappa shape index (κ1) is 23.6. The Bertz CT molecular complexity index is 1320. The first-order valence-corrected chi connectivity index (χ1v) is 11.9. The summed E-state index contributed by atoms with van der Waals surface area (Å²) in [5.41, 5.74) is 5.88. The molecule has 3 amide bonds. The molecule has 36 heavy (non-hydrogen) atoms. The molecule has 3 aliphatic heterocycles. The molecule has 5 rings (SSSR count). The Hall–Kier alpha value is -4.14. The van der Waals surface area contributed by atoms with Gasteiger partial charge in [0.2, 0.25) is 5.96 Å². The number of allylic oxidation sites excluding steroid dienone is 2. The molecule has 9 nitrogen and oxygen atoms in total. The van der Waals surface area contributed by atoms with Crippen LogP contribution in [0.5, 0.6) is 0 Å². The summed E-state index contributed by atoms with van der Waals surface area (Å²) in [6.45, 7) is 7.64. The Morgan fingerprint density at radius 2 is 1.72 bits per heavy atom. The molecule has 0 aromatic heterocycles. The number of rotatable bonds is 5. The lowest BCUT2D eigenvalue weighted by molar-refractivity contribution is -0.151. The molecule has 0 aliphatic carbocycles. The molecular formula is C27H29N5O4. The van der Waals surface area contributed by atoms with Crippen LogP contribution in [0.15, 0.2) is 64.9 Å². The van der Waals surface area contributed by atoms with Crippen molar-refractivity contribution in [2.24, 2.45) is 4.99 Å². The van der Waals surface area contributed by atoms with Crippen molar-refractivity contribution < 1.29 is 19.1 Å². The molecule has 3 aliphatic rings. The van der Waals surface area contributed by atoms with E-state index in [4.69, 9.17) is 9.73 Å². The third-order valence-corrected chi connectivity index (χ3v) is 7.02. The second-order valence-corrected chi connectivity index (χ2v) is 9.42. The average Bonchev–Trinajstić information content (AvgIpc) is 3.35. The van der Waals surface area contributed by atoms with Crippen LogP contribution in [0.2, 0.25) is 0 Å². The molecule has 1 saturated heterocycles. The number of guanidine groups is 1. The van der Waals surface area contributed by atoms with Crippen LogP contribution in [-0.2, 0) is 20.9 Å². The maximum absolute atomic E-state index is 13.6. The highest BCUT2D eigenvalue weighted by Crippen LogP contribution is 2.40. The third kappa shape index (κ3) is 3.71. The van der Waals surface area contributed by atoms with Crippen molar-refractivity contribution in [3.63, 3.8) is 0 Å². The number of anilines is 1. The SMILES string of the molecule is CC1=C(C)N2C(=NC3C2C(=O)N(CC(=O)OCc2ccccc2)C(=O)N3C)N1c1ccc(C)cc1C. The van der Waals surface area contributed by atoms with Crippen molar-refractivity contribution in [1.82, 2.24) is 14.7 Å². The van der Waals surface area contributed by atoms with Crippen LogP contribution in [0.4, 0.5) is 10.5 Å². The summed E-state index contributed by atoms with van der Waals surface area (Å²) in [7, 11) is 1.61. The minimum atomic E-state index is -0.754. The number of imide groups is 1. The number of hydrogen-bond acceptors (Lipinski definition) is 7. The van der Waals surface area contributed by atoms with Gasteiger partial charge in [0.1, 0.15) is 13.2 Å². The van der Waals surface area contributed by atoms with E-state index < -0.39 is 36.7 Å². The van der Waals surface area contributed by atoms with E-state index in [1.54, 1.807) is 7.05 Å². The van der Waals surface area contributed by atoms with Gasteiger partial charge in [-0.05, 0) is 44.9 Å². The minimum absolute atomic E-state index is 0.0725. The molecule has 0 spiro atoms. The number of likely N-dealkylation sites (N-methyl/N-ethyl adjacent to an activating group) is 1. The van der Waals surface area contributed by atoms with E-state index in [0.717, 1.165) is 38.7 Å². The van der Waals surface area contributed by atoms with Crippen LogP contribution in [0, 0.1) is 13.8 Å². The number of amides is 3. The molecule has 0 bridgehead atoms. The summed E-state index contributed by atoms with van der Waals surface area (Å²) in [6.07, 6.45) is -0.687. The van der Waals surface area contributed by atoms with Gasteiger partial charge >= 0.3 is 12.0 Å². The van der Waals surface area contributed by atoms with Crippen LogP contribution < -0.4 is 4.90 Å². The monoisotopic (exact) mass is 487 g/mol. The van der Waals surface area contributed by atoms with E-state index in [1.165, 1.54) is 4.90 Å². The summed E-state index contributed by atoms with van der Waals surface area (Å²) in [5.74, 6) is -0.505. The Morgan fingerprint density at radius 3 is 2.42 bits per heavy atom. The van der Waals surface area contributed by atoms with Gasteiger partial charge in [-0.3, -0.25) is 24.3 Å². The Labute approximate surface area is 210 Å². The van der Waals surface area contributed by atoms with Gasteiger partial charge in [-0.15, -0.1) is 0 Å². The predicted octanol–water partition coefficient (Wildman–Crippen LogP) is 3.38. The van der Waals surface area contributed by atoms with Gasteiger partial charge in [0.25, 0.3) is 5.91 Å². The van der Waals surface area contributed by atoms with Crippen molar-refractivity contribution in [3.8, 4) is 0 Å². The highest BCUT2D eigenvalue weighted by atomic mass is 16.5. The van der Waals surface area contributed by atoms with E-state index in [1.807, 2.05) is 80.0 Å². The number of benzene rings is 2. The number of hydrogen-bond donors (Lipinski definition) is 0. The molecule has 2 atom stereocenters. The normalized spacial score (nSPS) is 21.2. The van der Waals surface area contributed by atoms with E-state index in [0.29, 0.717) is 5.96 Å². The van der Waals surface area contributed by atoms with Gasteiger partial charge in [-0.1, -0.05) is 48.0 Å². The zero-order valence-electron chi connectivity index (χ0n) is 21.1. The second kappa shape index (κ2) is 8.82. The number of urea groups is 1. The minimum Gasteiger partial charge on any atom is -0.459 e. The van der Waals surface area contributed by atoms with Gasteiger partial charge in [0.05, 0.1) is 5.69 Å². The van der Waals surface area contributed by atoms with Gasteiger partial charge in [-0.25, -0.2) is 9.79 Å². The molecule has 0 saturated carbocycles. The lowest BCUT2D eigenvalue weighted by Gasteiger charge is -2.40. The van der Waals surface area contributed by atoms with Crippen molar-refractivity contribution in [2.45, 2.75) is 46.5 Å². The quantitative estimate of drug-likeness (QED) is 0.601. The fraction of sp³-hybridized carbons (Fsp3) is 0.333. The molecule has 9 heteroatoms. The number of aliphatic imine (C=N–C) groups is 1. The van der Waals surface area contributed by atoms with E-state index in [-0.39, 0.29) is 6.61 Å². The van der Waals surface area contributed by atoms with Crippen LogP contribution in [0.25, 0.3) is 0 Å². The zero-order valence-corrected chi connectivity index (χ0v) is 21.1. The molecule has 2 aromatic rings.